The molecule has 0 bridgehead atoms. The Labute approximate surface area is 126 Å². The lowest BCUT2D eigenvalue weighted by Gasteiger charge is -2.26. The molecule has 5 N–H and O–H groups in total. The summed E-state index contributed by atoms with van der Waals surface area (Å²) < 4.78 is 0. The first-order valence-electron chi connectivity index (χ1n) is 6.32. The molecule has 0 aromatic rings. The van der Waals surface area contributed by atoms with E-state index < -0.39 is 17.5 Å². The highest BCUT2D eigenvalue weighted by molar-refractivity contribution is 7.80. The van der Waals surface area contributed by atoms with Crippen LogP contribution in [0.25, 0.3) is 0 Å². The molecule has 0 spiro atoms. The highest BCUT2D eigenvalue weighted by Gasteiger charge is 2.31. The average molecular weight is 307 g/mol. The Balaban J connectivity index is 4.58. The second-order valence-electron chi connectivity index (χ2n) is 5.19. The van der Waals surface area contributed by atoms with Crippen molar-refractivity contribution in [1.82, 2.24) is 5.32 Å². The summed E-state index contributed by atoms with van der Waals surface area (Å²) in [6.45, 7) is 4.03. The van der Waals surface area contributed by atoms with Gasteiger partial charge >= 0.3 is 0 Å². The van der Waals surface area contributed by atoms with Crippen molar-refractivity contribution in [3.05, 3.63) is 0 Å². The lowest BCUT2D eigenvalue weighted by Crippen LogP contribution is -2.52. The maximum Gasteiger partial charge on any atom is 0.227 e. The molecular formula is C12H25N3O2S2. The summed E-state index contributed by atoms with van der Waals surface area (Å²) >= 11 is 8.23. The Kier molecular flexibility index (Phi) is 8.73. The van der Waals surface area contributed by atoms with Gasteiger partial charge in [0.15, 0.2) is 5.78 Å². The van der Waals surface area contributed by atoms with Crippen LogP contribution in [0.2, 0.25) is 0 Å². The normalized spacial score (nSPS) is 14.8. The zero-order valence-electron chi connectivity index (χ0n) is 11.6. The van der Waals surface area contributed by atoms with Gasteiger partial charge in [-0.05, 0) is 19.4 Å². The maximum atomic E-state index is 12.1. The summed E-state index contributed by atoms with van der Waals surface area (Å²) in [5.41, 5.74) is 10.5. The summed E-state index contributed by atoms with van der Waals surface area (Å²) in [6, 6.07) is -1.28. The van der Waals surface area contributed by atoms with Crippen LogP contribution in [0.15, 0.2) is 0 Å². The van der Waals surface area contributed by atoms with Gasteiger partial charge in [0.05, 0.1) is 17.5 Å². The number of carbonyl (C=O) groups is 2. The van der Waals surface area contributed by atoms with Crippen LogP contribution in [0.4, 0.5) is 0 Å². The van der Waals surface area contributed by atoms with Crippen molar-refractivity contribution < 1.29 is 9.59 Å². The fourth-order valence-corrected chi connectivity index (χ4v) is 1.79. The quantitative estimate of drug-likeness (QED) is 0.387. The van der Waals surface area contributed by atoms with Crippen LogP contribution < -0.4 is 16.8 Å². The van der Waals surface area contributed by atoms with E-state index in [1.54, 1.807) is 13.8 Å². The molecule has 0 aliphatic carbocycles. The molecular weight excluding hydrogens is 282 g/mol. The number of Topliss-reactive ketones (excluding diaryl/α,β-unsaturated/α-hetero) is 1. The number of carbonyl (C=O) groups excluding carboxylic acids is 2. The highest BCUT2D eigenvalue weighted by atomic mass is 32.1. The lowest BCUT2D eigenvalue weighted by atomic mass is 9.94. The molecule has 19 heavy (non-hydrogen) atoms. The standard InChI is InChI=1S/C12H25N3O2S2/c1-12(2,7-19)11(17)15-9(6-18)10(16)8(14)4-3-5-13/h8-9,18-19H,3-7,13-14H2,1-2H3,(H,15,17)/t8?,9-/m0/s1. The van der Waals surface area contributed by atoms with Crippen molar-refractivity contribution in [2.75, 3.05) is 18.1 Å². The van der Waals surface area contributed by atoms with Gasteiger partial charge in [-0.3, -0.25) is 9.59 Å². The monoisotopic (exact) mass is 307 g/mol. The first kappa shape index (κ1) is 18.8. The molecule has 0 aliphatic heterocycles. The van der Waals surface area contributed by atoms with Gasteiger partial charge < -0.3 is 16.8 Å². The van der Waals surface area contributed by atoms with Crippen molar-refractivity contribution >= 4 is 36.9 Å². The zero-order valence-corrected chi connectivity index (χ0v) is 13.3. The number of hydrogen-bond acceptors (Lipinski definition) is 6. The fourth-order valence-electron chi connectivity index (χ4n) is 1.37. The molecule has 0 aliphatic rings. The third kappa shape index (κ3) is 6.16. The van der Waals surface area contributed by atoms with Crippen LogP contribution in [0.5, 0.6) is 0 Å². The summed E-state index contributed by atoms with van der Waals surface area (Å²) in [7, 11) is 0. The third-order valence-corrected chi connectivity index (χ3v) is 4.08. The second-order valence-corrected chi connectivity index (χ2v) is 5.87. The predicted molar refractivity (Wildman–Crippen MR) is 84.7 cm³/mol. The minimum Gasteiger partial charge on any atom is -0.345 e. The molecule has 0 saturated heterocycles. The number of nitrogens with one attached hydrogen (secondary N) is 1. The Morgan fingerprint density at radius 3 is 2.32 bits per heavy atom. The summed E-state index contributed by atoms with van der Waals surface area (Å²) in [6.07, 6.45) is 1.20. The maximum absolute atomic E-state index is 12.1. The van der Waals surface area contributed by atoms with Gasteiger partial charge in [0.25, 0.3) is 0 Å². The molecule has 0 saturated carbocycles. The van der Waals surface area contributed by atoms with Crippen LogP contribution >= 0.6 is 25.3 Å². The topological polar surface area (TPSA) is 98.2 Å². The van der Waals surface area contributed by atoms with E-state index in [1.807, 2.05) is 0 Å². The van der Waals surface area contributed by atoms with Gasteiger partial charge in [-0.15, -0.1) is 0 Å². The Morgan fingerprint density at radius 1 is 1.32 bits per heavy atom. The van der Waals surface area contributed by atoms with Gasteiger partial charge in [0.2, 0.25) is 5.91 Å². The van der Waals surface area contributed by atoms with Gasteiger partial charge in [-0.25, -0.2) is 0 Å². The minimum atomic E-state index is -0.664. The molecule has 0 heterocycles. The summed E-state index contributed by atoms with van der Waals surface area (Å²) in [5, 5.41) is 2.69. The molecule has 7 heteroatoms. The van der Waals surface area contributed by atoms with Crippen molar-refractivity contribution in [2.45, 2.75) is 38.8 Å². The number of thiol groups is 2. The van der Waals surface area contributed by atoms with E-state index in [1.165, 1.54) is 0 Å². The Morgan fingerprint density at radius 2 is 1.89 bits per heavy atom. The summed E-state index contributed by atoms with van der Waals surface area (Å²) in [4.78, 5) is 24.1. The molecule has 1 amide bonds. The van der Waals surface area contributed by atoms with Gasteiger partial charge in [0.1, 0.15) is 0 Å². The molecule has 0 aromatic carbocycles. The van der Waals surface area contributed by atoms with Gasteiger partial charge in [-0.1, -0.05) is 13.8 Å². The molecule has 0 rings (SSSR count). The van der Waals surface area contributed by atoms with Crippen molar-refractivity contribution in [3.8, 4) is 0 Å². The molecule has 0 aromatic heterocycles. The number of nitrogens with two attached hydrogens (primary N) is 2. The molecule has 5 nitrogen and oxygen atoms in total. The second kappa shape index (κ2) is 8.84. The number of ketones is 1. The van der Waals surface area contributed by atoms with Crippen LogP contribution in [0.1, 0.15) is 26.7 Å². The Bertz CT molecular complexity index is 311. The van der Waals surface area contributed by atoms with E-state index in [0.29, 0.717) is 25.1 Å². The molecule has 0 fully saturated rings. The fraction of sp³-hybridized carbons (Fsp3) is 0.833. The number of hydrogen-bond donors (Lipinski definition) is 5. The molecule has 0 radical (unpaired) electrons. The largest absolute Gasteiger partial charge is 0.345 e. The van der Waals surface area contributed by atoms with E-state index in [0.717, 1.165) is 0 Å². The van der Waals surface area contributed by atoms with Gasteiger partial charge in [0, 0.05) is 11.5 Å². The first-order chi connectivity index (χ1) is 8.80. The minimum absolute atomic E-state index is 0.202. The molecule has 2 atom stereocenters. The zero-order chi connectivity index (χ0) is 15.1. The van der Waals surface area contributed by atoms with E-state index in [-0.39, 0.29) is 17.4 Å². The van der Waals surface area contributed by atoms with E-state index in [4.69, 9.17) is 11.5 Å². The first-order valence-corrected chi connectivity index (χ1v) is 7.58. The van der Waals surface area contributed by atoms with Crippen LogP contribution in [-0.2, 0) is 9.59 Å². The lowest BCUT2D eigenvalue weighted by molar-refractivity contribution is -0.132. The van der Waals surface area contributed by atoms with Crippen LogP contribution in [0.3, 0.4) is 0 Å². The SMILES string of the molecule is CC(C)(CS)C(=O)N[C@@H](CS)C(=O)C(N)CCCN. The average Bonchev–Trinajstić information content (AvgIpc) is 2.40. The highest BCUT2D eigenvalue weighted by Crippen LogP contribution is 2.17. The molecule has 1 unspecified atom stereocenters. The van der Waals surface area contributed by atoms with Crippen molar-refractivity contribution in [3.63, 3.8) is 0 Å². The van der Waals surface area contributed by atoms with Gasteiger partial charge in [-0.2, -0.15) is 25.3 Å². The van der Waals surface area contributed by atoms with Crippen molar-refractivity contribution in [2.24, 2.45) is 16.9 Å². The van der Waals surface area contributed by atoms with E-state index >= 15 is 0 Å². The smallest absolute Gasteiger partial charge is 0.227 e. The summed E-state index contributed by atoms with van der Waals surface area (Å²) in [5.74, 6) is 0.197. The predicted octanol–water partition coefficient (Wildman–Crippen LogP) is -0.00770. The number of rotatable bonds is 9. The van der Waals surface area contributed by atoms with Crippen LogP contribution in [-0.4, -0.2) is 41.8 Å². The third-order valence-electron chi connectivity index (χ3n) is 2.93. The Hall–Kier alpha value is -0.240. The van der Waals surface area contributed by atoms with E-state index in [9.17, 15) is 9.59 Å². The molecule has 112 valence electrons. The number of amides is 1. The van der Waals surface area contributed by atoms with E-state index in [2.05, 4.69) is 30.6 Å². The van der Waals surface area contributed by atoms with Crippen molar-refractivity contribution in [1.29, 1.82) is 0 Å². The van der Waals surface area contributed by atoms with Crippen LogP contribution in [0, 0.1) is 5.41 Å².